The Hall–Kier alpha value is -1.81. The smallest absolute Gasteiger partial charge is 0.310 e. The zero-order chi connectivity index (χ0) is 13.1. The molecule has 0 bridgehead atoms. The fraction of sp³-hybridized carbons (Fsp3) is 0.357. The Bertz CT molecular complexity index is 545. The number of fused-ring (bicyclic) bond motifs is 1. The third kappa shape index (κ3) is 2.71. The lowest BCUT2D eigenvalue weighted by atomic mass is 10.1. The zero-order valence-electron chi connectivity index (χ0n) is 10.5. The number of nitrogens with one attached hydrogen (secondary N) is 1. The summed E-state index contributed by atoms with van der Waals surface area (Å²) in [6.07, 6.45) is 0.889. The van der Waals surface area contributed by atoms with Gasteiger partial charge in [-0.2, -0.15) is 0 Å². The van der Waals surface area contributed by atoms with Crippen LogP contribution in [0.2, 0.25) is 0 Å². The molecule has 0 unspecified atom stereocenters. The van der Waals surface area contributed by atoms with Gasteiger partial charge in [0.2, 0.25) is 0 Å². The first kappa shape index (κ1) is 12.6. The third-order valence-electron chi connectivity index (χ3n) is 3.01. The first-order chi connectivity index (χ1) is 8.58. The summed E-state index contributed by atoms with van der Waals surface area (Å²) in [6, 6.07) is 7.80. The average molecular weight is 247 g/mol. The fourth-order valence-electron chi connectivity index (χ4n) is 1.78. The summed E-state index contributed by atoms with van der Waals surface area (Å²) in [7, 11) is 0. The first-order valence-corrected chi connectivity index (χ1v) is 6.00. The maximum Gasteiger partial charge on any atom is 0.310 e. The molecule has 1 heterocycles. The molecular weight excluding hydrogens is 230 g/mol. The number of H-pyrrole nitrogens is 1. The molecule has 0 saturated heterocycles. The molecule has 0 amide bonds. The van der Waals surface area contributed by atoms with Crippen LogP contribution in [0.1, 0.15) is 19.4 Å². The number of aromatic nitrogens is 1. The van der Waals surface area contributed by atoms with Crippen molar-refractivity contribution in [2.24, 2.45) is 0 Å². The lowest BCUT2D eigenvalue weighted by molar-refractivity contribution is -0.152. The molecule has 0 aliphatic heterocycles. The van der Waals surface area contributed by atoms with Crippen LogP contribution in [0.3, 0.4) is 0 Å². The van der Waals surface area contributed by atoms with Crippen LogP contribution in [0.25, 0.3) is 10.9 Å². The Labute approximate surface area is 106 Å². The van der Waals surface area contributed by atoms with Crippen LogP contribution >= 0.6 is 0 Å². The van der Waals surface area contributed by atoms with Crippen molar-refractivity contribution in [2.75, 3.05) is 0 Å². The quantitative estimate of drug-likeness (QED) is 0.812. The fourth-order valence-corrected chi connectivity index (χ4v) is 1.78. The third-order valence-corrected chi connectivity index (χ3v) is 3.01. The summed E-state index contributed by atoms with van der Waals surface area (Å²) in [4.78, 5) is 14.8. The van der Waals surface area contributed by atoms with E-state index in [2.05, 4.69) is 4.98 Å². The molecule has 2 atom stereocenters. The van der Waals surface area contributed by atoms with Gasteiger partial charge in [0.1, 0.15) is 6.10 Å². The second kappa shape index (κ2) is 5.23. The van der Waals surface area contributed by atoms with Crippen LogP contribution in [0.5, 0.6) is 0 Å². The predicted octanol–water partition coefficient (Wildman–Crippen LogP) is 2.02. The Morgan fingerprint density at radius 1 is 1.39 bits per heavy atom. The second-order valence-corrected chi connectivity index (χ2v) is 4.47. The number of carbonyl (C=O) groups is 1. The van der Waals surface area contributed by atoms with Crippen LogP contribution in [0.15, 0.2) is 30.5 Å². The molecule has 1 aromatic carbocycles. The topological polar surface area (TPSA) is 62.3 Å². The molecule has 0 saturated carbocycles. The minimum Gasteiger partial charge on any atom is -0.460 e. The van der Waals surface area contributed by atoms with E-state index in [-0.39, 0.29) is 12.4 Å². The van der Waals surface area contributed by atoms with Crippen molar-refractivity contribution in [3.8, 4) is 0 Å². The van der Waals surface area contributed by atoms with Crippen molar-refractivity contribution in [1.82, 2.24) is 4.98 Å². The van der Waals surface area contributed by atoms with Crippen molar-refractivity contribution >= 4 is 16.9 Å². The van der Waals surface area contributed by atoms with Gasteiger partial charge in [-0.25, -0.2) is 0 Å². The number of benzene rings is 1. The Morgan fingerprint density at radius 3 is 2.83 bits per heavy atom. The number of aliphatic hydroxyl groups excluding tert-OH is 1. The first-order valence-electron chi connectivity index (χ1n) is 6.00. The van der Waals surface area contributed by atoms with Crippen molar-refractivity contribution in [3.63, 3.8) is 0 Å². The molecular formula is C14H17NO3. The standard InChI is InChI=1S/C14H17NO3/c1-9(16)10(2)18-14(17)7-11-8-15-13-6-4-3-5-12(11)13/h3-6,8-10,15-16H,7H2,1-2H3/t9-,10+/m0/s1. The molecule has 18 heavy (non-hydrogen) atoms. The van der Waals surface area contributed by atoms with Gasteiger partial charge < -0.3 is 14.8 Å². The van der Waals surface area contributed by atoms with Crippen LogP contribution in [-0.2, 0) is 16.0 Å². The van der Waals surface area contributed by atoms with Gasteiger partial charge in [0.25, 0.3) is 0 Å². The highest BCUT2D eigenvalue weighted by atomic mass is 16.6. The van der Waals surface area contributed by atoms with Crippen LogP contribution < -0.4 is 0 Å². The van der Waals surface area contributed by atoms with Gasteiger partial charge in [0.05, 0.1) is 12.5 Å². The van der Waals surface area contributed by atoms with E-state index in [4.69, 9.17) is 4.74 Å². The molecule has 0 fully saturated rings. The van der Waals surface area contributed by atoms with E-state index < -0.39 is 12.2 Å². The predicted molar refractivity (Wildman–Crippen MR) is 69.2 cm³/mol. The van der Waals surface area contributed by atoms with Gasteiger partial charge in [-0.15, -0.1) is 0 Å². The number of aliphatic hydroxyl groups is 1. The summed E-state index contributed by atoms with van der Waals surface area (Å²) < 4.78 is 5.13. The summed E-state index contributed by atoms with van der Waals surface area (Å²) >= 11 is 0. The van der Waals surface area contributed by atoms with Crippen molar-refractivity contribution < 1.29 is 14.6 Å². The van der Waals surface area contributed by atoms with Gasteiger partial charge in [0, 0.05) is 17.1 Å². The Balaban J connectivity index is 2.07. The minimum absolute atomic E-state index is 0.209. The van der Waals surface area contributed by atoms with Crippen molar-refractivity contribution in [2.45, 2.75) is 32.5 Å². The maximum absolute atomic E-state index is 11.7. The van der Waals surface area contributed by atoms with Gasteiger partial charge in [-0.3, -0.25) is 4.79 Å². The number of hydrogen-bond acceptors (Lipinski definition) is 3. The van der Waals surface area contributed by atoms with Crippen LogP contribution in [-0.4, -0.2) is 28.3 Å². The van der Waals surface area contributed by atoms with E-state index in [1.54, 1.807) is 13.8 Å². The number of ether oxygens (including phenoxy) is 1. The van der Waals surface area contributed by atoms with E-state index >= 15 is 0 Å². The maximum atomic E-state index is 11.7. The monoisotopic (exact) mass is 247 g/mol. The second-order valence-electron chi connectivity index (χ2n) is 4.47. The number of carbonyl (C=O) groups excluding carboxylic acids is 1. The number of esters is 1. The van der Waals surface area contributed by atoms with Gasteiger partial charge >= 0.3 is 5.97 Å². The molecule has 2 N–H and O–H groups in total. The number of para-hydroxylation sites is 1. The van der Waals surface area contributed by atoms with E-state index in [9.17, 15) is 9.90 Å². The molecule has 1 aromatic heterocycles. The van der Waals surface area contributed by atoms with E-state index in [0.29, 0.717) is 0 Å². The van der Waals surface area contributed by atoms with Crippen molar-refractivity contribution in [1.29, 1.82) is 0 Å². The molecule has 4 nitrogen and oxygen atoms in total. The van der Waals surface area contributed by atoms with Gasteiger partial charge in [0.15, 0.2) is 0 Å². The molecule has 4 heteroatoms. The number of aromatic amines is 1. The Morgan fingerprint density at radius 2 is 2.11 bits per heavy atom. The summed E-state index contributed by atoms with van der Waals surface area (Å²) in [5.74, 6) is -0.326. The van der Waals surface area contributed by atoms with E-state index in [1.165, 1.54) is 0 Å². The van der Waals surface area contributed by atoms with Gasteiger partial charge in [-0.1, -0.05) is 18.2 Å². The van der Waals surface area contributed by atoms with Crippen LogP contribution in [0.4, 0.5) is 0 Å². The lowest BCUT2D eigenvalue weighted by Gasteiger charge is -2.15. The molecule has 2 aromatic rings. The molecule has 0 radical (unpaired) electrons. The summed E-state index contributed by atoms with van der Waals surface area (Å²) in [5.41, 5.74) is 1.91. The number of hydrogen-bond donors (Lipinski definition) is 2. The number of rotatable bonds is 4. The summed E-state index contributed by atoms with van der Waals surface area (Å²) in [5, 5.41) is 10.3. The highest BCUT2D eigenvalue weighted by Gasteiger charge is 2.16. The molecule has 2 rings (SSSR count). The molecule has 0 spiro atoms. The molecule has 0 aliphatic rings. The van der Waals surface area contributed by atoms with E-state index in [0.717, 1.165) is 16.5 Å². The summed E-state index contributed by atoms with van der Waals surface area (Å²) in [6.45, 7) is 3.28. The average Bonchev–Trinajstić information content (AvgIpc) is 2.72. The van der Waals surface area contributed by atoms with Crippen LogP contribution in [0, 0.1) is 0 Å². The van der Waals surface area contributed by atoms with E-state index in [1.807, 2.05) is 30.5 Å². The minimum atomic E-state index is -0.656. The SMILES string of the molecule is C[C@H](O)[C@@H](C)OC(=O)Cc1c[nH]c2ccccc12. The Kier molecular flexibility index (Phi) is 3.67. The highest BCUT2D eigenvalue weighted by molar-refractivity contribution is 5.87. The zero-order valence-corrected chi connectivity index (χ0v) is 10.5. The van der Waals surface area contributed by atoms with Crippen molar-refractivity contribution in [3.05, 3.63) is 36.0 Å². The molecule has 0 aliphatic carbocycles. The lowest BCUT2D eigenvalue weighted by Crippen LogP contribution is -2.26. The highest BCUT2D eigenvalue weighted by Crippen LogP contribution is 2.18. The van der Waals surface area contributed by atoms with Gasteiger partial charge in [-0.05, 0) is 25.5 Å². The molecule has 96 valence electrons. The normalized spacial score (nSPS) is 14.4. The largest absolute Gasteiger partial charge is 0.460 e.